The van der Waals surface area contributed by atoms with Crippen molar-refractivity contribution in [3.05, 3.63) is 0 Å². The topological polar surface area (TPSA) is 75.7 Å². The van der Waals surface area contributed by atoms with Gasteiger partial charge in [-0.2, -0.15) is 0 Å². The summed E-state index contributed by atoms with van der Waals surface area (Å²) in [5.74, 6) is -0.812. The molecule has 22 heavy (non-hydrogen) atoms. The number of amides is 2. The van der Waals surface area contributed by atoms with E-state index in [9.17, 15) is 14.4 Å². The molecule has 1 N–H and O–H groups in total. The van der Waals surface area contributed by atoms with Gasteiger partial charge in [-0.15, -0.1) is 0 Å². The Morgan fingerprint density at radius 1 is 1.32 bits per heavy atom. The fourth-order valence-corrected chi connectivity index (χ4v) is 2.38. The summed E-state index contributed by atoms with van der Waals surface area (Å²) in [5.41, 5.74) is -0.538. The second kappa shape index (κ2) is 7.61. The van der Waals surface area contributed by atoms with E-state index in [-0.39, 0.29) is 23.7 Å². The van der Waals surface area contributed by atoms with Crippen LogP contribution in [0.3, 0.4) is 0 Å². The largest absolute Gasteiger partial charge is 0.466 e. The van der Waals surface area contributed by atoms with Crippen molar-refractivity contribution >= 4 is 17.8 Å². The fraction of sp³-hybridized carbons (Fsp3) is 0.812. The minimum absolute atomic E-state index is 0.147. The normalized spacial score (nSPS) is 20.2. The number of rotatable bonds is 4. The Hall–Kier alpha value is -1.59. The average Bonchev–Trinajstić information content (AvgIpc) is 2.45. The number of nitrogens with zero attached hydrogens (tertiary/aromatic N) is 1. The van der Waals surface area contributed by atoms with Crippen LogP contribution in [0.1, 0.15) is 47.5 Å². The van der Waals surface area contributed by atoms with E-state index in [1.54, 1.807) is 39.5 Å². The van der Waals surface area contributed by atoms with Gasteiger partial charge in [-0.25, -0.2) is 0 Å². The summed E-state index contributed by atoms with van der Waals surface area (Å²) in [6.07, 6.45) is 1.51. The van der Waals surface area contributed by atoms with E-state index in [0.717, 1.165) is 12.8 Å². The van der Waals surface area contributed by atoms with Gasteiger partial charge in [-0.1, -0.05) is 20.8 Å². The highest BCUT2D eigenvalue weighted by atomic mass is 16.5. The third-order valence-electron chi connectivity index (χ3n) is 3.75. The molecule has 0 saturated carbocycles. The van der Waals surface area contributed by atoms with Crippen LogP contribution in [-0.4, -0.2) is 48.4 Å². The molecule has 0 aliphatic carbocycles. The summed E-state index contributed by atoms with van der Waals surface area (Å²) in [6, 6.07) is -0.590. The number of piperidine rings is 1. The smallest absolute Gasteiger partial charge is 0.310 e. The van der Waals surface area contributed by atoms with Crippen molar-refractivity contribution in [1.82, 2.24) is 10.2 Å². The first-order valence-electron chi connectivity index (χ1n) is 7.93. The van der Waals surface area contributed by atoms with Crippen LogP contribution in [0.5, 0.6) is 0 Å². The molecule has 1 heterocycles. The maximum absolute atomic E-state index is 12.4. The fourth-order valence-electron chi connectivity index (χ4n) is 2.38. The molecule has 126 valence electrons. The maximum Gasteiger partial charge on any atom is 0.310 e. The van der Waals surface area contributed by atoms with Gasteiger partial charge in [0.25, 0.3) is 0 Å². The van der Waals surface area contributed by atoms with Crippen LogP contribution in [-0.2, 0) is 19.1 Å². The maximum atomic E-state index is 12.4. The second-order valence-corrected chi connectivity index (χ2v) is 6.82. The van der Waals surface area contributed by atoms with E-state index in [2.05, 4.69) is 5.32 Å². The molecular weight excluding hydrogens is 284 g/mol. The monoisotopic (exact) mass is 312 g/mol. The molecule has 2 amide bonds. The third kappa shape index (κ3) is 5.00. The summed E-state index contributed by atoms with van der Waals surface area (Å²) in [4.78, 5) is 37.9. The summed E-state index contributed by atoms with van der Waals surface area (Å²) in [6.45, 7) is 10.2. The van der Waals surface area contributed by atoms with E-state index in [1.807, 2.05) is 0 Å². The predicted octanol–water partition coefficient (Wildman–Crippen LogP) is 1.34. The molecule has 2 unspecified atom stereocenters. The van der Waals surface area contributed by atoms with E-state index >= 15 is 0 Å². The van der Waals surface area contributed by atoms with Crippen LogP contribution in [0.15, 0.2) is 0 Å². The first-order chi connectivity index (χ1) is 10.2. The van der Waals surface area contributed by atoms with Gasteiger partial charge in [0.2, 0.25) is 11.8 Å². The Labute approximate surface area is 132 Å². The highest BCUT2D eigenvalue weighted by molar-refractivity contribution is 5.89. The molecule has 1 saturated heterocycles. The highest BCUT2D eigenvalue weighted by Crippen LogP contribution is 2.19. The predicted molar refractivity (Wildman–Crippen MR) is 83.0 cm³/mol. The van der Waals surface area contributed by atoms with Crippen molar-refractivity contribution in [3.63, 3.8) is 0 Å². The molecular formula is C16H28N2O4. The van der Waals surface area contributed by atoms with Gasteiger partial charge in [-0.05, 0) is 26.7 Å². The van der Waals surface area contributed by atoms with Crippen molar-refractivity contribution in [2.24, 2.45) is 11.3 Å². The number of ether oxygens (including phenoxy) is 1. The van der Waals surface area contributed by atoms with Crippen LogP contribution in [0.4, 0.5) is 0 Å². The number of carbonyl (C=O) groups is 3. The molecule has 2 atom stereocenters. The molecule has 1 aliphatic heterocycles. The zero-order chi connectivity index (χ0) is 16.9. The van der Waals surface area contributed by atoms with E-state index in [4.69, 9.17) is 4.74 Å². The lowest BCUT2D eigenvalue weighted by Crippen LogP contribution is -2.52. The summed E-state index contributed by atoms with van der Waals surface area (Å²) in [7, 11) is 0. The van der Waals surface area contributed by atoms with Gasteiger partial charge < -0.3 is 15.0 Å². The molecule has 0 radical (unpaired) electrons. The number of likely N-dealkylation sites (tertiary alicyclic amines) is 1. The second-order valence-electron chi connectivity index (χ2n) is 6.82. The van der Waals surface area contributed by atoms with Gasteiger partial charge in [0.15, 0.2) is 0 Å². The van der Waals surface area contributed by atoms with Crippen molar-refractivity contribution < 1.29 is 19.1 Å². The van der Waals surface area contributed by atoms with Gasteiger partial charge in [0.05, 0.1) is 12.5 Å². The molecule has 0 aromatic rings. The standard InChI is InChI=1S/C16H28N2O4/c1-6-22-14(20)12-8-7-9-18(10-12)13(19)11(2)17-15(21)16(3,4)5/h11-12H,6-10H2,1-5H3,(H,17,21). The number of carbonyl (C=O) groups excluding carboxylic acids is 3. The zero-order valence-electron chi connectivity index (χ0n) is 14.3. The minimum atomic E-state index is -0.590. The van der Waals surface area contributed by atoms with Crippen molar-refractivity contribution in [2.75, 3.05) is 19.7 Å². The van der Waals surface area contributed by atoms with Gasteiger partial charge in [0.1, 0.15) is 6.04 Å². The average molecular weight is 312 g/mol. The molecule has 0 bridgehead atoms. The Kier molecular flexibility index (Phi) is 6.38. The zero-order valence-corrected chi connectivity index (χ0v) is 14.3. The lowest BCUT2D eigenvalue weighted by Gasteiger charge is -2.33. The lowest BCUT2D eigenvalue weighted by atomic mass is 9.95. The first-order valence-corrected chi connectivity index (χ1v) is 7.93. The quantitative estimate of drug-likeness (QED) is 0.795. The number of nitrogens with one attached hydrogen (secondary N) is 1. The number of esters is 1. The number of hydrogen-bond acceptors (Lipinski definition) is 4. The molecule has 0 aromatic heterocycles. The molecule has 6 heteroatoms. The van der Waals surface area contributed by atoms with Crippen LogP contribution >= 0.6 is 0 Å². The first kappa shape index (κ1) is 18.5. The van der Waals surface area contributed by atoms with Crippen molar-refractivity contribution in [2.45, 2.75) is 53.5 Å². The Morgan fingerprint density at radius 2 is 1.95 bits per heavy atom. The summed E-state index contributed by atoms with van der Waals surface area (Å²) in [5, 5.41) is 2.74. The molecule has 1 aliphatic rings. The molecule has 0 spiro atoms. The number of hydrogen-bond donors (Lipinski definition) is 1. The van der Waals surface area contributed by atoms with E-state index in [0.29, 0.717) is 19.7 Å². The van der Waals surface area contributed by atoms with Crippen LogP contribution in [0.2, 0.25) is 0 Å². The van der Waals surface area contributed by atoms with Gasteiger partial charge in [-0.3, -0.25) is 14.4 Å². The molecule has 1 rings (SSSR count). The van der Waals surface area contributed by atoms with Gasteiger partial charge in [0, 0.05) is 18.5 Å². The van der Waals surface area contributed by atoms with Gasteiger partial charge >= 0.3 is 5.97 Å². The lowest BCUT2D eigenvalue weighted by molar-refractivity contribution is -0.152. The van der Waals surface area contributed by atoms with Crippen molar-refractivity contribution in [1.29, 1.82) is 0 Å². The molecule has 1 fully saturated rings. The summed E-state index contributed by atoms with van der Waals surface area (Å²) >= 11 is 0. The van der Waals surface area contributed by atoms with E-state index in [1.165, 1.54) is 0 Å². The molecule has 6 nitrogen and oxygen atoms in total. The van der Waals surface area contributed by atoms with Crippen LogP contribution < -0.4 is 5.32 Å². The summed E-state index contributed by atoms with van der Waals surface area (Å²) < 4.78 is 5.03. The van der Waals surface area contributed by atoms with Crippen LogP contribution in [0.25, 0.3) is 0 Å². The SMILES string of the molecule is CCOC(=O)C1CCCN(C(=O)C(C)NC(=O)C(C)(C)C)C1. The minimum Gasteiger partial charge on any atom is -0.466 e. The van der Waals surface area contributed by atoms with E-state index < -0.39 is 11.5 Å². The Balaban J connectivity index is 2.60. The Morgan fingerprint density at radius 3 is 2.50 bits per heavy atom. The van der Waals surface area contributed by atoms with Crippen molar-refractivity contribution in [3.8, 4) is 0 Å². The third-order valence-corrected chi connectivity index (χ3v) is 3.75. The molecule has 0 aromatic carbocycles. The Bertz CT molecular complexity index is 428. The van der Waals surface area contributed by atoms with Crippen LogP contribution in [0, 0.1) is 11.3 Å². The highest BCUT2D eigenvalue weighted by Gasteiger charge is 2.32.